The molecule has 9 heteroatoms. The Labute approximate surface area is 175 Å². The first-order valence-electron chi connectivity index (χ1n) is 10.0. The van der Waals surface area contributed by atoms with E-state index in [-0.39, 0.29) is 24.3 Å². The molecule has 1 aromatic carbocycles. The lowest BCUT2D eigenvalue weighted by atomic mass is 10.1. The van der Waals surface area contributed by atoms with Gasteiger partial charge >= 0.3 is 6.18 Å². The Bertz CT molecular complexity index is 723. The highest BCUT2D eigenvalue weighted by Crippen LogP contribution is 2.29. The summed E-state index contributed by atoms with van der Waals surface area (Å²) < 4.78 is 38.4. The number of carbonyl (C=O) groups is 3. The quantitative estimate of drug-likeness (QED) is 0.472. The van der Waals surface area contributed by atoms with Crippen molar-refractivity contribution >= 4 is 17.7 Å². The SMILES string of the molecule is CC[C@H](C)C(=O)NCCCC[C@@H](NC(C)=O)C(=O)NCc1cccc(C(F)(F)F)c1. The fourth-order valence-electron chi connectivity index (χ4n) is 2.73. The highest BCUT2D eigenvalue weighted by Gasteiger charge is 2.30. The summed E-state index contributed by atoms with van der Waals surface area (Å²) in [5.41, 5.74) is -0.473. The first kappa shape index (κ1) is 25.5. The molecule has 0 aromatic heterocycles. The molecule has 2 atom stereocenters. The number of benzene rings is 1. The summed E-state index contributed by atoms with van der Waals surface area (Å²) in [6, 6.07) is 3.92. The highest BCUT2D eigenvalue weighted by molar-refractivity contribution is 5.86. The van der Waals surface area contributed by atoms with Gasteiger partial charge in [-0.05, 0) is 43.4 Å². The molecule has 30 heavy (non-hydrogen) atoms. The molecule has 0 aliphatic rings. The van der Waals surface area contributed by atoms with Gasteiger partial charge in [0.2, 0.25) is 17.7 Å². The number of carbonyl (C=O) groups excluding carboxylic acids is 3. The Balaban J connectivity index is 2.53. The van der Waals surface area contributed by atoms with E-state index in [2.05, 4.69) is 16.0 Å². The Morgan fingerprint density at radius 1 is 1.07 bits per heavy atom. The van der Waals surface area contributed by atoms with Crippen molar-refractivity contribution in [2.75, 3.05) is 6.54 Å². The zero-order valence-corrected chi connectivity index (χ0v) is 17.6. The fraction of sp³-hybridized carbons (Fsp3) is 0.571. The minimum Gasteiger partial charge on any atom is -0.356 e. The van der Waals surface area contributed by atoms with Crippen LogP contribution in [0.15, 0.2) is 24.3 Å². The summed E-state index contributed by atoms with van der Waals surface area (Å²) in [4.78, 5) is 35.5. The topological polar surface area (TPSA) is 87.3 Å². The van der Waals surface area contributed by atoms with Gasteiger partial charge in [0, 0.05) is 25.9 Å². The third-order valence-corrected chi connectivity index (χ3v) is 4.69. The lowest BCUT2D eigenvalue weighted by molar-refractivity contribution is -0.137. The Hall–Kier alpha value is -2.58. The molecule has 0 saturated heterocycles. The van der Waals surface area contributed by atoms with Gasteiger partial charge in [0.15, 0.2) is 0 Å². The summed E-state index contributed by atoms with van der Waals surface area (Å²) in [6.45, 7) is 5.46. The van der Waals surface area contributed by atoms with Crippen molar-refractivity contribution in [1.29, 1.82) is 0 Å². The summed E-state index contributed by atoms with van der Waals surface area (Å²) >= 11 is 0. The van der Waals surface area contributed by atoms with Gasteiger partial charge < -0.3 is 16.0 Å². The van der Waals surface area contributed by atoms with Crippen LogP contribution in [-0.2, 0) is 27.1 Å². The summed E-state index contributed by atoms with van der Waals surface area (Å²) in [7, 11) is 0. The van der Waals surface area contributed by atoms with E-state index in [0.29, 0.717) is 31.4 Å². The number of halogens is 3. The number of rotatable bonds is 11. The van der Waals surface area contributed by atoms with Gasteiger partial charge in [-0.2, -0.15) is 13.2 Å². The smallest absolute Gasteiger partial charge is 0.356 e. The van der Waals surface area contributed by atoms with E-state index in [9.17, 15) is 27.6 Å². The number of amides is 3. The molecule has 0 heterocycles. The normalized spacial score (nSPS) is 13.3. The standard InChI is InChI=1S/C21H30F3N3O3/c1-4-14(2)19(29)25-11-6-5-10-18(27-15(3)28)20(30)26-13-16-8-7-9-17(12-16)21(22,23)24/h7-9,12,14,18H,4-6,10-11,13H2,1-3H3,(H,25,29)(H,26,30)(H,27,28)/t14-,18+/m0/s1. The molecule has 168 valence electrons. The molecule has 0 spiro atoms. The zero-order valence-electron chi connectivity index (χ0n) is 17.6. The summed E-state index contributed by atoms with van der Waals surface area (Å²) in [5, 5.41) is 7.96. The number of hydrogen-bond acceptors (Lipinski definition) is 3. The van der Waals surface area contributed by atoms with Crippen LogP contribution in [0, 0.1) is 5.92 Å². The van der Waals surface area contributed by atoms with Crippen molar-refractivity contribution in [3.63, 3.8) is 0 Å². The largest absolute Gasteiger partial charge is 0.416 e. The van der Waals surface area contributed by atoms with Crippen molar-refractivity contribution < 1.29 is 27.6 Å². The Morgan fingerprint density at radius 3 is 2.37 bits per heavy atom. The molecule has 3 N–H and O–H groups in total. The lowest BCUT2D eigenvalue weighted by Crippen LogP contribution is -2.45. The van der Waals surface area contributed by atoms with E-state index in [1.807, 2.05) is 13.8 Å². The maximum atomic E-state index is 12.8. The molecular formula is C21H30F3N3O3. The number of hydrogen-bond donors (Lipinski definition) is 3. The maximum absolute atomic E-state index is 12.8. The van der Waals surface area contributed by atoms with Crippen LogP contribution in [0.3, 0.4) is 0 Å². The Morgan fingerprint density at radius 2 is 1.77 bits per heavy atom. The van der Waals surface area contributed by atoms with E-state index in [1.165, 1.54) is 19.1 Å². The number of alkyl halides is 3. The van der Waals surface area contributed by atoms with Gasteiger partial charge in [-0.3, -0.25) is 14.4 Å². The van der Waals surface area contributed by atoms with Gasteiger partial charge in [-0.15, -0.1) is 0 Å². The van der Waals surface area contributed by atoms with Crippen LogP contribution in [0.5, 0.6) is 0 Å². The Kier molecular flexibility index (Phi) is 10.3. The zero-order chi connectivity index (χ0) is 22.7. The average molecular weight is 429 g/mol. The summed E-state index contributed by atoms with van der Waals surface area (Å²) in [5.74, 6) is -0.918. The molecule has 1 rings (SSSR count). The van der Waals surface area contributed by atoms with Crippen LogP contribution in [0.25, 0.3) is 0 Å². The molecule has 1 aromatic rings. The van der Waals surface area contributed by atoms with Crippen molar-refractivity contribution in [2.45, 2.75) is 65.2 Å². The fourth-order valence-corrected chi connectivity index (χ4v) is 2.73. The maximum Gasteiger partial charge on any atom is 0.416 e. The molecule has 6 nitrogen and oxygen atoms in total. The van der Waals surface area contributed by atoms with Crippen molar-refractivity contribution in [3.05, 3.63) is 35.4 Å². The van der Waals surface area contributed by atoms with Crippen molar-refractivity contribution in [3.8, 4) is 0 Å². The van der Waals surface area contributed by atoms with Gasteiger partial charge in [0.25, 0.3) is 0 Å². The average Bonchev–Trinajstić information content (AvgIpc) is 2.69. The van der Waals surface area contributed by atoms with Crippen LogP contribution in [-0.4, -0.2) is 30.3 Å². The van der Waals surface area contributed by atoms with E-state index in [1.54, 1.807) is 0 Å². The molecule has 0 radical (unpaired) electrons. The second-order valence-corrected chi connectivity index (χ2v) is 7.27. The number of unbranched alkanes of at least 4 members (excludes halogenated alkanes) is 1. The third kappa shape index (κ3) is 9.28. The highest BCUT2D eigenvalue weighted by atomic mass is 19.4. The third-order valence-electron chi connectivity index (χ3n) is 4.69. The lowest BCUT2D eigenvalue weighted by Gasteiger charge is -2.18. The van der Waals surface area contributed by atoms with Gasteiger partial charge in [-0.1, -0.05) is 26.0 Å². The first-order chi connectivity index (χ1) is 14.0. The van der Waals surface area contributed by atoms with E-state index in [4.69, 9.17) is 0 Å². The van der Waals surface area contributed by atoms with Crippen LogP contribution in [0.4, 0.5) is 13.2 Å². The molecule has 0 fully saturated rings. The second kappa shape index (κ2) is 12.2. The first-order valence-corrected chi connectivity index (χ1v) is 10.0. The van der Waals surface area contributed by atoms with Crippen LogP contribution in [0.2, 0.25) is 0 Å². The molecule has 0 aliphatic carbocycles. The molecular weight excluding hydrogens is 399 g/mol. The van der Waals surface area contributed by atoms with Crippen LogP contribution < -0.4 is 16.0 Å². The predicted molar refractivity (Wildman–Crippen MR) is 107 cm³/mol. The molecule has 0 bridgehead atoms. The van der Waals surface area contributed by atoms with Crippen LogP contribution in [0.1, 0.15) is 57.6 Å². The van der Waals surface area contributed by atoms with Crippen molar-refractivity contribution in [1.82, 2.24) is 16.0 Å². The minimum atomic E-state index is -4.46. The van der Waals surface area contributed by atoms with Gasteiger partial charge in [-0.25, -0.2) is 0 Å². The van der Waals surface area contributed by atoms with Crippen LogP contribution >= 0.6 is 0 Å². The molecule has 0 unspecified atom stereocenters. The number of nitrogens with one attached hydrogen (secondary N) is 3. The van der Waals surface area contributed by atoms with E-state index >= 15 is 0 Å². The minimum absolute atomic E-state index is 0.0188. The van der Waals surface area contributed by atoms with Crippen molar-refractivity contribution in [2.24, 2.45) is 5.92 Å². The molecule has 0 aliphatic heterocycles. The molecule has 3 amide bonds. The van der Waals surface area contributed by atoms with E-state index in [0.717, 1.165) is 18.6 Å². The predicted octanol–water partition coefficient (Wildman–Crippen LogP) is 3.16. The van der Waals surface area contributed by atoms with Gasteiger partial charge in [0.1, 0.15) is 6.04 Å². The monoisotopic (exact) mass is 429 g/mol. The molecule has 0 saturated carbocycles. The second-order valence-electron chi connectivity index (χ2n) is 7.27. The van der Waals surface area contributed by atoms with E-state index < -0.39 is 23.7 Å². The summed E-state index contributed by atoms with van der Waals surface area (Å²) in [6.07, 6.45) is -2.12. The van der Waals surface area contributed by atoms with Gasteiger partial charge in [0.05, 0.1) is 5.56 Å².